The van der Waals surface area contributed by atoms with Gasteiger partial charge in [0.15, 0.2) is 5.78 Å². The molecule has 0 aliphatic heterocycles. The van der Waals surface area contributed by atoms with Gasteiger partial charge in [-0.15, -0.1) is 0 Å². The molecule has 94 valence electrons. The monoisotopic (exact) mass is 257 g/mol. The van der Waals surface area contributed by atoms with Crippen molar-refractivity contribution in [1.29, 1.82) is 0 Å². The first-order valence-corrected chi connectivity index (χ1v) is 6.53. The number of hydrogen-bond acceptors (Lipinski definition) is 2. The van der Waals surface area contributed by atoms with Crippen LogP contribution in [0.5, 0.6) is 0 Å². The van der Waals surface area contributed by atoms with Crippen LogP contribution in [0, 0.1) is 0 Å². The normalized spacial score (nSPS) is 12.1. The highest BCUT2D eigenvalue weighted by Gasteiger charge is 2.26. The van der Waals surface area contributed by atoms with Crippen LogP contribution in [0.2, 0.25) is 0 Å². The summed E-state index contributed by atoms with van der Waals surface area (Å²) in [6, 6.07) is 18.1. The van der Waals surface area contributed by atoms with Gasteiger partial charge in [-0.3, -0.25) is 9.78 Å². The molecule has 1 aromatic heterocycles. The maximum Gasteiger partial charge on any atom is 0.195 e. The van der Waals surface area contributed by atoms with E-state index in [-0.39, 0.29) is 5.78 Å². The van der Waals surface area contributed by atoms with E-state index in [0.717, 1.165) is 27.8 Å². The summed E-state index contributed by atoms with van der Waals surface area (Å²) < 4.78 is 0. The number of rotatable bonds is 1. The number of carbonyl (C=O) groups is 1. The number of pyridine rings is 1. The van der Waals surface area contributed by atoms with Gasteiger partial charge in [-0.2, -0.15) is 0 Å². The summed E-state index contributed by atoms with van der Waals surface area (Å²) in [5.41, 5.74) is 5.66. The zero-order chi connectivity index (χ0) is 13.5. The van der Waals surface area contributed by atoms with Gasteiger partial charge in [-0.1, -0.05) is 42.5 Å². The molecule has 0 saturated carbocycles. The van der Waals surface area contributed by atoms with Gasteiger partial charge in [0.2, 0.25) is 0 Å². The van der Waals surface area contributed by atoms with Crippen molar-refractivity contribution >= 4 is 5.78 Å². The Hall–Kier alpha value is -2.74. The van der Waals surface area contributed by atoms with Gasteiger partial charge in [0.05, 0.1) is 0 Å². The highest BCUT2D eigenvalue weighted by Crippen LogP contribution is 2.37. The summed E-state index contributed by atoms with van der Waals surface area (Å²) >= 11 is 0. The van der Waals surface area contributed by atoms with Gasteiger partial charge in [-0.05, 0) is 34.4 Å². The Morgan fingerprint density at radius 3 is 2.35 bits per heavy atom. The quantitative estimate of drug-likeness (QED) is 0.516. The maximum absolute atomic E-state index is 12.4. The summed E-state index contributed by atoms with van der Waals surface area (Å²) in [7, 11) is 0. The highest BCUT2D eigenvalue weighted by molar-refractivity contribution is 6.21. The molecule has 2 aromatic carbocycles. The average Bonchev–Trinajstić information content (AvgIpc) is 2.81. The first kappa shape index (κ1) is 11.1. The van der Waals surface area contributed by atoms with E-state index in [2.05, 4.69) is 23.2 Å². The van der Waals surface area contributed by atoms with Gasteiger partial charge >= 0.3 is 0 Å². The third-order valence-electron chi connectivity index (χ3n) is 3.73. The number of carbonyl (C=O) groups excluding carboxylic acids is 1. The Morgan fingerprint density at radius 2 is 1.50 bits per heavy atom. The predicted octanol–water partition coefficient (Wildman–Crippen LogP) is 3.96. The standard InChI is InChI=1S/C18H11NO/c20-18-16-10-13(12-4-2-1-3-5-12)6-7-14(16)15-8-9-19-11-17(15)18/h1-11H. The van der Waals surface area contributed by atoms with Crippen molar-refractivity contribution in [2.24, 2.45) is 0 Å². The van der Waals surface area contributed by atoms with Crippen LogP contribution in [0.15, 0.2) is 67.0 Å². The summed E-state index contributed by atoms with van der Waals surface area (Å²) in [6.45, 7) is 0. The highest BCUT2D eigenvalue weighted by atomic mass is 16.1. The van der Waals surface area contributed by atoms with E-state index in [1.54, 1.807) is 12.4 Å². The minimum atomic E-state index is 0.0703. The fraction of sp³-hybridized carbons (Fsp3) is 0. The zero-order valence-corrected chi connectivity index (χ0v) is 10.7. The van der Waals surface area contributed by atoms with Crippen molar-refractivity contribution in [2.75, 3.05) is 0 Å². The van der Waals surface area contributed by atoms with Gasteiger partial charge in [-0.25, -0.2) is 0 Å². The molecule has 4 rings (SSSR count). The summed E-state index contributed by atoms with van der Waals surface area (Å²) in [5.74, 6) is 0.0703. The Balaban J connectivity index is 1.91. The maximum atomic E-state index is 12.4. The van der Waals surface area contributed by atoms with Crippen molar-refractivity contribution in [1.82, 2.24) is 4.98 Å². The molecule has 1 aliphatic carbocycles. The van der Waals surface area contributed by atoms with Crippen molar-refractivity contribution in [3.05, 3.63) is 78.1 Å². The fourth-order valence-corrected chi connectivity index (χ4v) is 2.73. The Kier molecular flexibility index (Phi) is 2.30. The van der Waals surface area contributed by atoms with E-state index in [4.69, 9.17) is 0 Å². The SMILES string of the molecule is O=C1c2cnccc2-c2ccc(-c3ccccc3)cc21. The van der Waals surface area contributed by atoms with E-state index < -0.39 is 0 Å². The van der Waals surface area contributed by atoms with Crippen LogP contribution >= 0.6 is 0 Å². The predicted molar refractivity (Wildman–Crippen MR) is 78.5 cm³/mol. The minimum Gasteiger partial charge on any atom is -0.289 e. The van der Waals surface area contributed by atoms with E-state index in [1.165, 1.54) is 0 Å². The number of ketones is 1. The van der Waals surface area contributed by atoms with Gasteiger partial charge in [0.1, 0.15) is 0 Å². The van der Waals surface area contributed by atoms with E-state index in [0.29, 0.717) is 5.56 Å². The molecule has 0 unspecified atom stereocenters. The Bertz CT molecular complexity index is 822. The van der Waals surface area contributed by atoms with Crippen molar-refractivity contribution in [3.63, 3.8) is 0 Å². The van der Waals surface area contributed by atoms with Crippen LogP contribution in [0.1, 0.15) is 15.9 Å². The molecule has 0 saturated heterocycles. The van der Waals surface area contributed by atoms with Crippen LogP contribution < -0.4 is 0 Å². The van der Waals surface area contributed by atoms with Gasteiger partial charge in [0.25, 0.3) is 0 Å². The van der Waals surface area contributed by atoms with Crippen LogP contribution in [-0.4, -0.2) is 10.8 Å². The molecule has 1 aliphatic rings. The topological polar surface area (TPSA) is 30.0 Å². The van der Waals surface area contributed by atoms with Crippen molar-refractivity contribution < 1.29 is 4.79 Å². The lowest BCUT2D eigenvalue weighted by atomic mass is 9.99. The van der Waals surface area contributed by atoms with Crippen LogP contribution in [0.3, 0.4) is 0 Å². The second-order valence-corrected chi connectivity index (χ2v) is 4.88. The number of nitrogens with zero attached hydrogens (tertiary/aromatic N) is 1. The van der Waals surface area contributed by atoms with E-state index in [1.807, 2.05) is 36.4 Å². The molecule has 0 bridgehead atoms. The summed E-state index contributed by atoms with van der Waals surface area (Å²) in [4.78, 5) is 16.5. The first-order chi connectivity index (χ1) is 9.84. The van der Waals surface area contributed by atoms with E-state index >= 15 is 0 Å². The molecular formula is C18H11NO. The van der Waals surface area contributed by atoms with Crippen molar-refractivity contribution in [3.8, 4) is 22.3 Å². The fourth-order valence-electron chi connectivity index (χ4n) is 2.73. The molecule has 0 radical (unpaired) electrons. The third-order valence-corrected chi connectivity index (χ3v) is 3.73. The number of hydrogen-bond donors (Lipinski definition) is 0. The molecule has 0 amide bonds. The molecule has 0 N–H and O–H groups in total. The molecule has 0 spiro atoms. The zero-order valence-electron chi connectivity index (χ0n) is 10.7. The lowest BCUT2D eigenvalue weighted by Crippen LogP contribution is -1.95. The largest absolute Gasteiger partial charge is 0.289 e. The molecule has 2 heteroatoms. The summed E-state index contributed by atoms with van der Waals surface area (Å²) in [6.07, 6.45) is 3.38. The van der Waals surface area contributed by atoms with Crippen molar-refractivity contribution in [2.45, 2.75) is 0 Å². The molecular weight excluding hydrogens is 246 g/mol. The van der Waals surface area contributed by atoms with E-state index in [9.17, 15) is 4.79 Å². The lowest BCUT2D eigenvalue weighted by molar-refractivity contribution is 0.104. The first-order valence-electron chi connectivity index (χ1n) is 6.53. The number of benzene rings is 2. The second kappa shape index (κ2) is 4.14. The number of fused-ring (bicyclic) bond motifs is 3. The second-order valence-electron chi connectivity index (χ2n) is 4.88. The van der Waals surface area contributed by atoms with Gasteiger partial charge < -0.3 is 0 Å². The molecule has 0 atom stereocenters. The molecule has 20 heavy (non-hydrogen) atoms. The number of aromatic nitrogens is 1. The third kappa shape index (κ3) is 1.51. The van der Waals surface area contributed by atoms with Crippen LogP contribution in [0.4, 0.5) is 0 Å². The minimum absolute atomic E-state index is 0.0703. The molecule has 3 aromatic rings. The smallest absolute Gasteiger partial charge is 0.195 e. The Labute approximate surface area is 116 Å². The van der Waals surface area contributed by atoms with Gasteiger partial charge in [0, 0.05) is 23.5 Å². The average molecular weight is 257 g/mol. The molecule has 0 fully saturated rings. The van der Waals surface area contributed by atoms with Crippen LogP contribution in [-0.2, 0) is 0 Å². The molecule has 1 heterocycles. The summed E-state index contributed by atoms with van der Waals surface area (Å²) in [5, 5.41) is 0. The van der Waals surface area contributed by atoms with Crippen LogP contribution in [0.25, 0.3) is 22.3 Å². The lowest BCUT2D eigenvalue weighted by Gasteiger charge is -2.04. The molecule has 2 nitrogen and oxygen atoms in total. The Morgan fingerprint density at radius 1 is 0.700 bits per heavy atom.